The van der Waals surface area contributed by atoms with E-state index in [-0.39, 0.29) is 62.2 Å². The van der Waals surface area contributed by atoms with Crippen molar-refractivity contribution in [2.75, 3.05) is 13.2 Å². The van der Waals surface area contributed by atoms with Crippen molar-refractivity contribution >= 4 is 0 Å². The first-order chi connectivity index (χ1) is 30.3. The van der Waals surface area contributed by atoms with E-state index in [1.165, 1.54) is 89.2 Å². The highest BCUT2D eigenvalue weighted by molar-refractivity contribution is 5.34. The van der Waals surface area contributed by atoms with Gasteiger partial charge in [-0.15, -0.1) is 0 Å². The fourth-order valence-corrected chi connectivity index (χ4v) is 13.2. The van der Waals surface area contributed by atoms with Gasteiger partial charge in [0, 0.05) is 0 Å². The van der Waals surface area contributed by atoms with Crippen LogP contribution < -0.4 is 9.47 Å². The van der Waals surface area contributed by atoms with Crippen LogP contribution in [0, 0.1) is 76.5 Å². The molecule has 4 fully saturated rings. The molecule has 0 aliphatic heterocycles. The van der Waals surface area contributed by atoms with Gasteiger partial charge in [-0.05, 0) is 211 Å². The Hall–Kier alpha value is -2.45. The molecule has 2 aromatic carbocycles. The van der Waals surface area contributed by atoms with Crippen LogP contribution in [-0.2, 0) is 0 Å². The minimum absolute atomic E-state index is 0.0139. The van der Waals surface area contributed by atoms with Gasteiger partial charge in [-0.1, -0.05) is 65.5 Å². The molecule has 4 saturated carbocycles. The molecule has 2 unspecified atom stereocenters. The van der Waals surface area contributed by atoms with Crippen LogP contribution in [0.4, 0.5) is 30.7 Å². The first-order valence-electron chi connectivity index (χ1n) is 25.6. The Balaban J connectivity index is 0.891. The zero-order chi connectivity index (χ0) is 45.1. The Bertz CT molecular complexity index is 1660. The summed E-state index contributed by atoms with van der Waals surface area (Å²) >= 11 is 0. The van der Waals surface area contributed by atoms with Crippen molar-refractivity contribution in [3.63, 3.8) is 0 Å². The van der Waals surface area contributed by atoms with Crippen LogP contribution in [0.1, 0.15) is 205 Å². The van der Waals surface area contributed by atoms with Crippen molar-refractivity contribution in [2.24, 2.45) is 53.3 Å². The van der Waals surface area contributed by atoms with E-state index in [4.69, 9.17) is 9.47 Å². The van der Waals surface area contributed by atoms with E-state index in [1.54, 1.807) is 12.1 Å². The third-order valence-electron chi connectivity index (χ3n) is 17.2. The highest BCUT2D eigenvalue weighted by Crippen LogP contribution is 2.48. The maximum absolute atomic E-state index is 15.4. The third-order valence-corrected chi connectivity index (χ3v) is 17.2. The topological polar surface area (TPSA) is 18.5 Å². The summed E-state index contributed by atoms with van der Waals surface area (Å²) in [6, 6.07) is 6.01. The van der Waals surface area contributed by atoms with Gasteiger partial charge >= 0.3 is 6.18 Å². The smallest absolute Gasteiger partial charge is 0.391 e. The molecule has 0 amide bonds. The number of benzene rings is 2. The van der Waals surface area contributed by atoms with E-state index in [0.717, 1.165) is 86.9 Å². The summed E-state index contributed by atoms with van der Waals surface area (Å²) in [5, 5.41) is 0. The van der Waals surface area contributed by atoms with E-state index in [9.17, 15) is 13.2 Å². The lowest BCUT2D eigenvalue weighted by Crippen LogP contribution is -2.28. The Morgan fingerprint density at radius 1 is 0.508 bits per heavy atom. The van der Waals surface area contributed by atoms with Gasteiger partial charge in [0.2, 0.25) is 11.6 Å². The maximum atomic E-state index is 15.4. The van der Waals surface area contributed by atoms with E-state index < -0.39 is 35.4 Å². The molecule has 356 valence electrons. The molecule has 0 bridgehead atoms. The molecule has 4 aliphatic rings. The third kappa shape index (κ3) is 13.1. The minimum Gasteiger partial charge on any atom is -0.490 e. The standard InChI is InChI=1S/C54H79F7O2/c1-5-10-35(4)37-13-15-39(16-14-37)41-21-25-43(26-22-41)46-29-31-48(52(57)50(46)55)62-33-8-11-45(54(59,60)61)12-9-34-63-49-32-30-47(51(56)53(49)58)44-27-23-42(24-28-44)40-19-17-38(18-20-40)36(6-2)7-3/h29-32,35-45H,5-28,33-34H2,1-4H3. The Labute approximate surface area is 375 Å². The summed E-state index contributed by atoms with van der Waals surface area (Å²) in [5.74, 6) is -0.272. The zero-order valence-corrected chi connectivity index (χ0v) is 39.0. The molecule has 4 aliphatic carbocycles. The summed E-state index contributed by atoms with van der Waals surface area (Å²) in [6.07, 6.45) is 17.8. The van der Waals surface area contributed by atoms with Gasteiger partial charge in [0.25, 0.3) is 0 Å². The average molecular weight is 893 g/mol. The maximum Gasteiger partial charge on any atom is 0.391 e. The molecule has 6 rings (SSSR count). The second-order valence-electron chi connectivity index (χ2n) is 20.7. The van der Waals surface area contributed by atoms with Crippen molar-refractivity contribution in [1.29, 1.82) is 0 Å². The summed E-state index contributed by atoms with van der Waals surface area (Å²) < 4.78 is 114. The highest BCUT2D eigenvalue weighted by Gasteiger charge is 2.39. The molecular weight excluding hydrogens is 814 g/mol. The Kier molecular flexibility index (Phi) is 18.9. The van der Waals surface area contributed by atoms with Crippen LogP contribution in [0.25, 0.3) is 0 Å². The van der Waals surface area contributed by atoms with Crippen LogP contribution in [-0.4, -0.2) is 19.4 Å². The minimum atomic E-state index is -4.49. The van der Waals surface area contributed by atoms with Crippen LogP contribution in [0.2, 0.25) is 0 Å². The predicted molar refractivity (Wildman–Crippen MR) is 240 cm³/mol. The monoisotopic (exact) mass is 893 g/mol. The molecule has 0 spiro atoms. The molecule has 0 heterocycles. The number of hydrogen-bond acceptors (Lipinski definition) is 2. The summed E-state index contributed by atoms with van der Waals surface area (Å²) in [6.45, 7) is 8.87. The first kappa shape index (κ1) is 50.0. The molecule has 0 saturated heterocycles. The lowest BCUT2D eigenvalue weighted by molar-refractivity contribution is -0.179. The van der Waals surface area contributed by atoms with Crippen molar-refractivity contribution in [3.8, 4) is 11.5 Å². The molecule has 0 aromatic heterocycles. The molecule has 0 N–H and O–H groups in total. The molecule has 9 heteroatoms. The first-order valence-corrected chi connectivity index (χ1v) is 25.6. The van der Waals surface area contributed by atoms with Crippen molar-refractivity contribution in [3.05, 3.63) is 58.7 Å². The van der Waals surface area contributed by atoms with E-state index in [2.05, 4.69) is 27.7 Å². The van der Waals surface area contributed by atoms with Gasteiger partial charge in [-0.25, -0.2) is 8.78 Å². The van der Waals surface area contributed by atoms with Crippen molar-refractivity contribution in [2.45, 2.75) is 200 Å². The summed E-state index contributed by atoms with van der Waals surface area (Å²) in [7, 11) is 0. The SMILES string of the molecule is CCCC(C)C1CCC(C2CCC(c3ccc(OCCCC(CCCOc4ccc(C5CCC(C6CCC(C(CC)CC)CC6)CC5)c(F)c4F)C(F)(F)F)c(F)c3F)CC2)CC1. The quantitative estimate of drug-likeness (QED) is 0.0974. The van der Waals surface area contributed by atoms with Gasteiger partial charge in [-0.3, -0.25) is 0 Å². The van der Waals surface area contributed by atoms with Crippen LogP contribution >= 0.6 is 0 Å². The Morgan fingerprint density at radius 3 is 1.25 bits per heavy atom. The number of halogens is 7. The van der Waals surface area contributed by atoms with Crippen LogP contribution in [0.5, 0.6) is 11.5 Å². The lowest BCUT2D eigenvalue weighted by atomic mass is 9.66. The van der Waals surface area contributed by atoms with Gasteiger partial charge < -0.3 is 9.47 Å². The fourth-order valence-electron chi connectivity index (χ4n) is 13.2. The lowest BCUT2D eigenvalue weighted by Gasteiger charge is -2.39. The predicted octanol–water partition coefficient (Wildman–Crippen LogP) is 17.5. The van der Waals surface area contributed by atoms with Gasteiger partial charge in [-0.2, -0.15) is 22.0 Å². The van der Waals surface area contributed by atoms with Crippen LogP contribution in [0.15, 0.2) is 24.3 Å². The summed E-state index contributed by atoms with van der Waals surface area (Å²) in [5.41, 5.74) is 0.733. The number of hydrogen-bond donors (Lipinski definition) is 0. The number of rotatable bonds is 20. The van der Waals surface area contributed by atoms with Crippen LogP contribution in [0.3, 0.4) is 0 Å². The highest BCUT2D eigenvalue weighted by atomic mass is 19.4. The van der Waals surface area contributed by atoms with E-state index in [0.29, 0.717) is 23.0 Å². The molecule has 2 atom stereocenters. The molecule has 2 aromatic rings. The molecule has 63 heavy (non-hydrogen) atoms. The molecule has 2 nitrogen and oxygen atoms in total. The van der Waals surface area contributed by atoms with Crippen molar-refractivity contribution in [1.82, 2.24) is 0 Å². The largest absolute Gasteiger partial charge is 0.490 e. The van der Waals surface area contributed by atoms with E-state index in [1.807, 2.05) is 0 Å². The number of ether oxygens (including phenoxy) is 2. The van der Waals surface area contributed by atoms with Crippen molar-refractivity contribution < 1.29 is 40.2 Å². The Morgan fingerprint density at radius 2 is 0.889 bits per heavy atom. The second-order valence-corrected chi connectivity index (χ2v) is 20.7. The van der Waals surface area contributed by atoms with Gasteiger partial charge in [0.15, 0.2) is 23.1 Å². The second kappa shape index (κ2) is 23.8. The van der Waals surface area contributed by atoms with E-state index >= 15 is 17.6 Å². The zero-order valence-electron chi connectivity index (χ0n) is 39.0. The normalized spacial score (nSPS) is 28.2. The fraction of sp³-hybridized carbons (Fsp3) is 0.778. The molecule has 0 radical (unpaired) electrons. The van der Waals surface area contributed by atoms with Gasteiger partial charge in [0.1, 0.15) is 0 Å². The summed E-state index contributed by atoms with van der Waals surface area (Å²) in [4.78, 5) is 0. The average Bonchev–Trinajstić information content (AvgIpc) is 3.29. The van der Waals surface area contributed by atoms with Gasteiger partial charge in [0.05, 0.1) is 19.1 Å². The molecular formula is C54H79F7O2. The number of alkyl halides is 3.